The monoisotopic (exact) mass is 313 g/mol. The maximum atomic E-state index is 11.5. The molecule has 0 aliphatic heterocycles. The Morgan fingerprint density at radius 3 is 2.83 bits per heavy atom. The summed E-state index contributed by atoms with van der Waals surface area (Å²) in [4.78, 5) is 15.6. The molecule has 1 aromatic carbocycles. The van der Waals surface area contributed by atoms with Crippen LogP contribution in [-0.2, 0) is 11.3 Å². The number of aromatic nitrogens is 1. The molecule has 0 aliphatic rings. The lowest BCUT2D eigenvalue weighted by molar-refractivity contribution is 0.141. The number of hydrogen-bond acceptors (Lipinski definition) is 5. The van der Waals surface area contributed by atoms with Crippen molar-refractivity contribution < 1.29 is 14.3 Å². The Balaban J connectivity index is 1.73. The molecule has 0 atom stereocenters. The average molecular weight is 313 g/mol. The topological polar surface area (TPSA) is 86.5 Å². The van der Waals surface area contributed by atoms with Gasteiger partial charge in [0.25, 0.3) is 0 Å². The van der Waals surface area contributed by atoms with Crippen molar-refractivity contribution in [3.63, 3.8) is 0 Å². The minimum atomic E-state index is -0.467. The molecular weight excluding hydrogens is 294 g/mol. The van der Waals surface area contributed by atoms with Crippen LogP contribution in [0, 0.1) is 0 Å². The molecule has 0 unspecified atom stereocenters. The Bertz CT molecular complexity index is 672. The van der Waals surface area contributed by atoms with Gasteiger partial charge in [-0.25, -0.2) is 9.78 Å². The van der Waals surface area contributed by atoms with Gasteiger partial charge in [-0.2, -0.15) is 0 Å². The van der Waals surface area contributed by atoms with Gasteiger partial charge in [-0.05, 0) is 17.2 Å². The minimum Gasteiger partial charge on any atom is -0.480 e. The molecule has 3 N–H and O–H groups in total. The van der Waals surface area contributed by atoms with E-state index in [1.807, 2.05) is 30.3 Å². The number of amides is 1. The van der Waals surface area contributed by atoms with Gasteiger partial charge in [-0.15, -0.1) is 0 Å². The lowest BCUT2D eigenvalue weighted by atomic mass is 10.2. The number of rotatable bonds is 6. The fourth-order valence-electron chi connectivity index (χ4n) is 1.86. The molecule has 2 aromatic rings. The van der Waals surface area contributed by atoms with Crippen molar-refractivity contribution in [3.05, 3.63) is 59.8 Å². The van der Waals surface area contributed by atoms with Crippen LogP contribution in [0.1, 0.15) is 11.1 Å². The third-order valence-corrected chi connectivity index (χ3v) is 2.98. The Morgan fingerprint density at radius 1 is 1.35 bits per heavy atom. The average Bonchev–Trinajstić information content (AvgIpc) is 2.58. The van der Waals surface area contributed by atoms with Crippen LogP contribution in [-0.4, -0.2) is 24.7 Å². The lowest BCUT2D eigenvalue weighted by Gasteiger charge is -2.05. The van der Waals surface area contributed by atoms with Gasteiger partial charge in [0, 0.05) is 12.7 Å². The van der Waals surface area contributed by atoms with Crippen LogP contribution in [0.2, 0.25) is 0 Å². The molecule has 2 rings (SSSR count). The highest BCUT2D eigenvalue weighted by Crippen LogP contribution is 2.18. The maximum Gasteiger partial charge on any atom is 0.407 e. The standard InChI is InChI=1S/C17H19N3O3/c1-22-16-15(18)10-14(11-20-16)8-5-9-19-17(21)23-12-13-6-3-2-4-7-13/h2-8,10-11H,9,12,18H2,1H3,(H,19,21). The molecule has 1 aromatic heterocycles. The second kappa shape index (κ2) is 8.43. The summed E-state index contributed by atoms with van der Waals surface area (Å²) in [5.41, 5.74) is 8.00. The number of methoxy groups -OCH3 is 1. The number of alkyl carbamates (subject to hydrolysis) is 1. The quantitative estimate of drug-likeness (QED) is 0.856. The number of nitrogen functional groups attached to an aromatic ring is 1. The fourth-order valence-corrected chi connectivity index (χ4v) is 1.86. The summed E-state index contributed by atoms with van der Waals surface area (Å²) < 4.78 is 10.1. The summed E-state index contributed by atoms with van der Waals surface area (Å²) >= 11 is 0. The van der Waals surface area contributed by atoms with Gasteiger partial charge in [0.2, 0.25) is 5.88 Å². The molecule has 0 fully saturated rings. The number of nitrogens with one attached hydrogen (secondary N) is 1. The second-order valence-corrected chi connectivity index (χ2v) is 4.71. The van der Waals surface area contributed by atoms with E-state index in [0.717, 1.165) is 11.1 Å². The summed E-state index contributed by atoms with van der Waals surface area (Å²) in [5, 5.41) is 2.64. The number of benzene rings is 1. The molecule has 23 heavy (non-hydrogen) atoms. The zero-order valence-corrected chi connectivity index (χ0v) is 12.9. The number of ether oxygens (including phenoxy) is 2. The van der Waals surface area contributed by atoms with Crippen LogP contribution in [0.25, 0.3) is 6.08 Å². The molecule has 6 nitrogen and oxygen atoms in total. The molecule has 0 saturated heterocycles. The predicted molar refractivity (Wildman–Crippen MR) is 88.9 cm³/mol. The molecule has 0 radical (unpaired) electrons. The van der Waals surface area contributed by atoms with Gasteiger partial charge in [-0.3, -0.25) is 0 Å². The van der Waals surface area contributed by atoms with Gasteiger partial charge in [0.1, 0.15) is 6.61 Å². The van der Waals surface area contributed by atoms with Crippen molar-refractivity contribution in [2.24, 2.45) is 0 Å². The zero-order valence-electron chi connectivity index (χ0n) is 12.9. The highest BCUT2D eigenvalue weighted by Gasteiger charge is 2.01. The maximum absolute atomic E-state index is 11.5. The molecular formula is C17H19N3O3. The number of nitrogens with two attached hydrogens (primary N) is 1. The normalized spacial score (nSPS) is 10.5. The first-order chi connectivity index (χ1) is 11.2. The number of anilines is 1. The molecule has 0 saturated carbocycles. The van der Waals surface area contributed by atoms with Crippen molar-refractivity contribution in [1.82, 2.24) is 10.3 Å². The Hall–Kier alpha value is -3.02. The van der Waals surface area contributed by atoms with Crippen LogP contribution in [0.15, 0.2) is 48.7 Å². The van der Waals surface area contributed by atoms with Crippen LogP contribution in [0.4, 0.5) is 10.5 Å². The van der Waals surface area contributed by atoms with Crippen molar-refractivity contribution in [3.8, 4) is 5.88 Å². The molecule has 6 heteroatoms. The SMILES string of the molecule is COc1ncc(C=CCNC(=O)OCc2ccccc2)cc1N. The van der Waals surface area contributed by atoms with E-state index < -0.39 is 6.09 Å². The summed E-state index contributed by atoms with van der Waals surface area (Å²) in [6.07, 6.45) is 4.76. The lowest BCUT2D eigenvalue weighted by Crippen LogP contribution is -2.24. The van der Waals surface area contributed by atoms with Gasteiger partial charge in [0.05, 0.1) is 12.8 Å². The second-order valence-electron chi connectivity index (χ2n) is 4.71. The van der Waals surface area contributed by atoms with Crippen LogP contribution in [0.5, 0.6) is 5.88 Å². The Labute approximate surface area is 134 Å². The molecule has 1 heterocycles. The van der Waals surface area contributed by atoms with E-state index in [-0.39, 0.29) is 6.61 Å². The van der Waals surface area contributed by atoms with E-state index in [4.69, 9.17) is 15.2 Å². The summed E-state index contributed by atoms with van der Waals surface area (Å²) in [6.45, 7) is 0.592. The van der Waals surface area contributed by atoms with E-state index in [2.05, 4.69) is 10.3 Å². The van der Waals surface area contributed by atoms with E-state index in [0.29, 0.717) is 18.1 Å². The highest BCUT2D eigenvalue weighted by molar-refractivity contribution is 5.67. The molecule has 0 aliphatic carbocycles. The number of carbonyl (C=O) groups is 1. The Morgan fingerprint density at radius 2 is 2.13 bits per heavy atom. The van der Waals surface area contributed by atoms with Crippen LogP contribution in [0.3, 0.4) is 0 Å². The van der Waals surface area contributed by atoms with E-state index in [1.54, 1.807) is 24.4 Å². The molecule has 1 amide bonds. The van der Waals surface area contributed by atoms with E-state index in [1.165, 1.54) is 7.11 Å². The van der Waals surface area contributed by atoms with E-state index >= 15 is 0 Å². The summed E-state index contributed by atoms with van der Waals surface area (Å²) in [6, 6.07) is 11.2. The number of nitrogens with zero attached hydrogens (tertiary/aromatic N) is 1. The van der Waals surface area contributed by atoms with Gasteiger partial charge in [-0.1, -0.05) is 42.5 Å². The minimum absolute atomic E-state index is 0.245. The largest absolute Gasteiger partial charge is 0.480 e. The van der Waals surface area contributed by atoms with Crippen molar-refractivity contribution in [2.45, 2.75) is 6.61 Å². The molecule has 0 spiro atoms. The summed E-state index contributed by atoms with van der Waals surface area (Å²) in [7, 11) is 1.51. The third kappa shape index (κ3) is 5.35. The predicted octanol–water partition coefficient (Wildman–Crippen LogP) is 2.61. The molecule has 0 bridgehead atoms. The first kappa shape index (κ1) is 16.4. The Kier molecular flexibility index (Phi) is 5.99. The number of pyridine rings is 1. The fraction of sp³-hybridized carbons (Fsp3) is 0.176. The highest BCUT2D eigenvalue weighted by atomic mass is 16.5. The van der Waals surface area contributed by atoms with Crippen molar-refractivity contribution in [1.29, 1.82) is 0 Å². The van der Waals surface area contributed by atoms with Crippen LogP contribution < -0.4 is 15.8 Å². The van der Waals surface area contributed by atoms with Crippen LogP contribution >= 0.6 is 0 Å². The van der Waals surface area contributed by atoms with Gasteiger partial charge < -0.3 is 20.5 Å². The number of hydrogen-bond donors (Lipinski definition) is 2. The molecule has 120 valence electrons. The first-order valence-corrected chi connectivity index (χ1v) is 7.09. The third-order valence-electron chi connectivity index (χ3n) is 2.98. The smallest absolute Gasteiger partial charge is 0.407 e. The summed E-state index contributed by atoms with van der Waals surface area (Å²) in [5.74, 6) is 0.393. The number of carbonyl (C=O) groups excluding carboxylic acids is 1. The van der Waals surface area contributed by atoms with Gasteiger partial charge in [0.15, 0.2) is 0 Å². The van der Waals surface area contributed by atoms with Crippen molar-refractivity contribution >= 4 is 17.9 Å². The van der Waals surface area contributed by atoms with Crippen molar-refractivity contribution in [2.75, 3.05) is 19.4 Å². The first-order valence-electron chi connectivity index (χ1n) is 7.09. The zero-order chi connectivity index (χ0) is 16.5. The van der Waals surface area contributed by atoms with Gasteiger partial charge >= 0.3 is 6.09 Å². The van der Waals surface area contributed by atoms with E-state index in [9.17, 15) is 4.79 Å².